The summed E-state index contributed by atoms with van der Waals surface area (Å²) in [5, 5.41) is 9.51. The number of hydrogen-bond acceptors (Lipinski definition) is 5. The molecule has 3 aromatic heterocycles. The van der Waals surface area contributed by atoms with E-state index >= 15 is 0 Å². The predicted octanol–water partition coefficient (Wildman–Crippen LogP) is 2.80. The molecule has 0 bridgehead atoms. The zero-order chi connectivity index (χ0) is 19.4. The number of carbonyl (C=O) groups excluding carboxylic acids is 1. The fraction of sp³-hybridized carbons (Fsp3) is 0.158. The number of H-pyrrole nitrogens is 1. The molecule has 0 radical (unpaired) electrons. The summed E-state index contributed by atoms with van der Waals surface area (Å²) in [5.41, 5.74) is 7.66. The topological polar surface area (TPSA) is 118 Å². The fourth-order valence-electron chi connectivity index (χ4n) is 2.42. The van der Waals surface area contributed by atoms with Crippen molar-refractivity contribution in [2.45, 2.75) is 6.92 Å². The fourth-order valence-corrected chi connectivity index (χ4v) is 2.42. The highest BCUT2D eigenvalue weighted by Crippen LogP contribution is 2.27. The molecule has 0 aliphatic heterocycles. The van der Waals surface area contributed by atoms with E-state index in [9.17, 15) is 9.18 Å². The van der Waals surface area contributed by atoms with Crippen molar-refractivity contribution in [3.05, 3.63) is 48.2 Å². The SMILES string of the molecule is CC(C#N)COc1ncc(-c2cnc3[nH]cc(C=CC(N)=O)c3c2)cc1F. The van der Waals surface area contributed by atoms with Crippen molar-refractivity contribution in [1.82, 2.24) is 15.0 Å². The number of nitriles is 1. The van der Waals surface area contributed by atoms with Crippen LogP contribution in [0.25, 0.3) is 28.2 Å². The summed E-state index contributed by atoms with van der Waals surface area (Å²) in [7, 11) is 0. The van der Waals surface area contributed by atoms with Gasteiger partial charge >= 0.3 is 0 Å². The Kier molecular flexibility index (Phi) is 5.13. The molecule has 0 aliphatic carbocycles. The van der Waals surface area contributed by atoms with Gasteiger partial charge in [-0.25, -0.2) is 14.4 Å². The lowest BCUT2D eigenvalue weighted by Crippen LogP contribution is -2.08. The van der Waals surface area contributed by atoms with Crippen LogP contribution in [-0.4, -0.2) is 27.5 Å². The summed E-state index contributed by atoms with van der Waals surface area (Å²) in [6, 6.07) is 5.12. The van der Waals surface area contributed by atoms with E-state index in [0.717, 1.165) is 10.9 Å². The van der Waals surface area contributed by atoms with Crippen molar-refractivity contribution in [3.63, 3.8) is 0 Å². The standard InChI is InChI=1S/C19H16FN5O2/c1-11(6-21)10-27-19-16(20)5-14(9-25-19)13-4-15-12(2-3-17(22)26)7-23-18(15)24-8-13/h2-5,7-9,11H,10H2,1H3,(H2,22,26)(H,23,24). The van der Waals surface area contributed by atoms with Crippen molar-refractivity contribution in [3.8, 4) is 23.1 Å². The molecule has 136 valence electrons. The van der Waals surface area contributed by atoms with Crippen LogP contribution in [0.4, 0.5) is 4.39 Å². The molecule has 8 heteroatoms. The van der Waals surface area contributed by atoms with E-state index in [2.05, 4.69) is 15.0 Å². The number of ether oxygens (including phenoxy) is 1. The largest absolute Gasteiger partial charge is 0.474 e. The van der Waals surface area contributed by atoms with Gasteiger partial charge in [-0.15, -0.1) is 0 Å². The van der Waals surface area contributed by atoms with Gasteiger partial charge in [0.15, 0.2) is 5.82 Å². The molecular formula is C19H16FN5O2. The Morgan fingerprint density at radius 1 is 1.41 bits per heavy atom. The van der Waals surface area contributed by atoms with Crippen LogP contribution >= 0.6 is 0 Å². The first kappa shape index (κ1) is 18.1. The Balaban J connectivity index is 1.91. The van der Waals surface area contributed by atoms with E-state index in [1.54, 1.807) is 25.4 Å². The molecule has 3 heterocycles. The number of nitrogens with zero attached hydrogens (tertiary/aromatic N) is 3. The maximum Gasteiger partial charge on any atom is 0.250 e. The summed E-state index contributed by atoms with van der Waals surface area (Å²) in [5.74, 6) is -1.69. The highest BCUT2D eigenvalue weighted by Gasteiger charge is 2.11. The number of aromatic nitrogens is 3. The van der Waals surface area contributed by atoms with Crippen LogP contribution in [0, 0.1) is 23.1 Å². The van der Waals surface area contributed by atoms with Crippen molar-refractivity contribution >= 4 is 23.0 Å². The minimum Gasteiger partial charge on any atom is -0.474 e. The first-order chi connectivity index (χ1) is 13.0. The highest BCUT2D eigenvalue weighted by atomic mass is 19.1. The zero-order valence-electron chi connectivity index (χ0n) is 14.4. The van der Waals surface area contributed by atoms with Crippen molar-refractivity contribution in [2.75, 3.05) is 6.61 Å². The van der Waals surface area contributed by atoms with E-state index in [1.165, 1.54) is 18.3 Å². The normalized spacial score (nSPS) is 12.2. The Bertz CT molecular complexity index is 1070. The summed E-state index contributed by atoms with van der Waals surface area (Å²) >= 11 is 0. The number of amides is 1. The smallest absolute Gasteiger partial charge is 0.250 e. The lowest BCUT2D eigenvalue weighted by molar-refractivity contribution is -0.113. The molecule has 27 heavy (non-hydrogen) atoms. The molecule has 3 rings (SSSR count). The van der Waals surface area contributed by atoms with Crippen LogP contribution in [0.3, 0.4) is 0 Å². The quantitative estimate of drug-likeness (QED) is 0.651. The minimum atomic E-state index is -0.624. The highest BCUT2D eigenvalue weighted by molar-refractivity contribution is 5.95. The predicted molar refractivity (Wildman–Crippen MR) is 97.8 cm³/mol. The van der Waals surface area contributed by atoms with Crippen LogP contribution in [0.15, 0.2) is 36.8 Å². The maximum absolute atomic E-state index is 14.3. The third kappa shape index (κ3) is 4.10. The number of halogens is 1. The van der Waals surface area contributed by atoms with Gasteiger partial charge in [0.2, 0.25) is 11.8 Å². The lowest BCUT2D eigenvalue weighted by atomic mass is 10.1. The van der Waals surface area contributed by atoms with Crippen LogP contribution in [0.2, 0.25) is 0 Å². The van der Waals surface area contributed by atoms with Gasteiger partial charge in [-0.1, -0.05) is 0 Å². The molecule has 0 saturated heterocycles. The number of hydrogen-bond donors (Lipinski definition) is 2. The molecule has 7 nitrogen and oxygen atoms in total. The maximum atomic E-state index is 14.3. The van der Waals surface area contributed by atoms with Crippen LogP contribution in [0.1, 0.15) is 12.5 Å². The van der Waals surface area contributed by atoms with Gasteiger partial charge in [0.05, 0.1) is 12.0 Å². The molecular weight excluding hydrogens is 349 g/mol. The van der Waals surface area contributed by atoms with E-state index < -0.39 is 11.7 Å². The molecule has 1 amide bonds. The summed E-state index contributed by atoms with van der Waals surface area (Å²) < 4.78 is 19.5. The average Bonchev–Trinajstić information content (AvgIpc) is 3.07. The van der Waals surface area contributed by atoms with Gasteiger partial charge in [0.1, 0.15) is 12.3 Å². The minimum absolute atomic E-state index is 0.0617. The summed E-state index contributed by atoms with van der Waals surface area (Å²) in [6.07, 6.45) is 7.61. The third-order valence-corrected chi connectivity index (χ3v) is 3.82. The lowest BCUT2D eigenvalue weighted by Gasteiger charge is -2.08. The monoisotopic (exact) mass is 365 g/mol. The summed E-state index contributed by atoms with van der Waals surface area (Å²) in [4.78, 5) is 22.2. The molecule has 3 N–H and O–H groups in total. The zero-order valence-corrected chi connectivity index (χ0v) is 14.4. The number of nitrogens with one attached hydrogen (secondary N) is 1. The second-order valence-electron chi connectivity index (χ2n) is 5.95. The number of pyridine rings is 2. The molecule has 0 aromatic carbocycles. The Morgan fingerprint density at radius 3 is 2.85 bits per heavy atom. The molecule has 0 spiro atoms. The van der Waals surface area contributed by atoms with E-state index in [-0.39, 0.29) is 18.4 Å². The number of fused-ring (bicyclic) bond motifs is 1. The van der Waals surface area contributed by atoms with E-state index in [4.69, 9.17) is 15.7 Å². The summed E-state index contributed by atoms with van der Waals surface area (Å²) in [6.45, 7) is 1.74. The first-order valence-electron chi connectivity index (χ1n) is 8.11. The van der Waals surface area contributed by atoms with Crippen LogP contribution in [-0.2, 0) is 4.79 Å². The van der Waals surface area contributed by atoms with Crippen molar-refractivity contribution in [1.29, 1.82) is 5.26 Å². The second-order valence-corrected chi connectivity index (χ2v) is 5.95. The molecule has 1 unspecified atom stereocenters. The van der Waals surface area contributed by atoms with Gasteiger partial charge in [0.25, 0.3) is 0 Å². The van der Waals surface area contributed by atoms with E-state index in [0.29, 0.717) is 16.8 Å². The Morgan fingerprint density at radius 2 is 2.15 bits per heavy atom. The van der Waals surface area contributed by atoms with Crippen molar-refractivity contribution < 1.29 is 13.9 Å². The van der Waals surface area contributed by atoms with Gasteiger partial charge in [-0.3, -0.25) is 4.79 Å². The van der Waals surface area contributed by atoms with Crippen molar-refractivity contribution in [2.24, 2.45) is 11.7 Å². The second kappa shape index (κ2) is 7.66. The third-order valence-electron chi connectivity index (χ3n) is 3.82. The van der Waals surface area contributed by atoms with Gasteiger partial charge < -0.3 is 15.5 Å². The van der Waals surface area contributed by atoms with Crippen LogP contribution < -0.4 is 10.5 Å². The molecule has 3 aromatic rings. The van der Waals surface area contributed by atoms with Crippen LogP contribution in [0.5, 0.6) is 5.88 Å². The molecule has 0 aliphatic rings. The Labute approximate surface area is 154 Å². The number of carbonyl (C=O) groups is 1. The number of primary amides is 1. The molecule has 1 atom stereocenters. The number of nitrogens with two attached hydrogens (primary N) is 1. The van der Waals surface area contributed by atoms with Gasteiger partial charge in [0, 0.05) is 46.7 Å². The van der Waals surface area contributed by atoms with Gasteiger partial charge in [-0.05, 0) is 25.1 Å². The molecule has 0 saturated carbocycles. The number of aromatic amines is 1. The average molecular weight is 365 g/mol. The van der Waals surface area contributed by atoms with E-state index in [1.807, 2.05) is 12.1 Å². The first-order valence-corrected chi connectivity index (χ1v) is 8.11. The molecule has 0 fully saturated rings. The number of rotatable bonds is 6. The Hall–Kier alpha value is -3.73. The van der Waals surface area contributed by atoms with Gasteiger partial charge in [-0.2, -0.15) is 5.26 Å².